The molecule has 0 aliphatic rings. The van der Waals surface area contributed by atoms with E-state index < -0.39 is 17.9 Å². The minimum atomic E-state index is -1.15. The van der Waals surface area contributed by atoms with E-state index in [-0.39, 0.29) is 24.0 Å². The van der Waals surface area contributed by atoms with Crippen LogP contribution in [0.25, 0.3) is 11.1 Å². The van der Waals surface area contributed by atoms with Gasteiger partial charge in [0.1, 0.15) is 29.9 Å². The summed E-state index contributed by atoms with van der Waals surface area (Å²) in [5.74, 6) is 0.155. The van der Waals surface area contributed by atoms with Gasteiger partial charge in [-0.15, -0.1) is 0 Å². The van der Waals surface area contributed by atoms with Crippen molar-refractivity contribution >= 4 is 27.8 Å². The van der Waals surface area contributed by atoms with Gasteiger partial charge in [0, 0.05) is 16.5 Å². The summed E-state index contributed by atoms with van der Waals surface area (Å²) in [4.78, 5) is 25.7. The number of carbonyl (C=O) groups is 2. The number of amides is 1. The van der Waals surface area contributed by atoms with Crippen molar-refractivity contribution in [2.24, 2.45) is 0 Å². The van der Waals surface area contributed by atoms with E-state index in [4.69, 9.17) is 9.47 Å². The van der Waals surface area contributed by atoms with E-state index in [2.05, 4.69) is 54.2 Å². The van der Waals surface area contributed by atoms with Crippen LogP contribution in [0.2, 0.25) is 0 Å². The number of hydrogen-bond acceptors (Lipinski definition) is 4. The third kappa shape index (κ3) is 8.43. The van der Waals surface area contributed by atoms with E-state index in [0.29, 0.717) is 16.0 Å². The number of carbonyl (C=O) groups excluding carboxylic acids is 1. The first kappa shape index (κ1) is 32.5. The number of carboxylic acid groups (broad SMARTS) is 1. The lowest BCUT2D eigenvalue weighted by Crippen LogP contribution is -2.42. The Bertz CT molecular complexity index is 1800. The third-order valence-corrected chi connectivity index (χ3v) is 8.06. The van der Waals surface area contributed by atoms with Crippen LogP contribution in [0.4, 0.5) is 0 Å². The Hall–Kier alpha value is -4.88. The van der Waals surface area contributed by atoms with Crippen LogP contribution in [0.5, 0.6) is 17.2 Å². The van der Waals surface area contributed by atoms with Crippen LogP contribution in [-0.4, -0.2) is 23.0 Å². The SMILES string of the molecule is CC(C)(C)c1ccc(COc2ccc(Br)cc2C(=O)NC(Cc2ccc(-c3ccccc3Oc3ccccc3)cc2)C(=O)O)cc1. The van der Waals surface area contributed by atoms with Gasteiger partial charge >= 0.3 is 5.97 Å². The molecule has 0 aliphatic carbocycles. The van der Waals surface area contributed by atoms with E-state index in [9.17, 15) is 14.7 Å². The highest BCUT2D eigenvalue weighted by molar-refractivity contribution is 9.10. The van der Waals surface area contributed by atoms with Gasteiger partial charge in [0.05, 0.1) is 5.56 Å². The predicted octanol–water partition coefficient (Wildman–Crippen LogP) is 9.21. The number of para-hydroxylation sites is 2. The number of rotatable bonds is 11. The second kappa shape index (κ2) is 14.5. The Morgan fingerprint density at radius 1 is 0.783 bits per heavy atom. The fourth-order valence-corrected chi connectivity index (χ4v) is 5.33. The molecule has 0 radical (unpaired) electrons. The maximum atomic E-state index is 13.4. The zero-order valence-corrected chi connectivity index (χ0v) is 27.6. The van der Waals surface area contributed by atoms with Crippen LogP contribution in [0.1, 0.15) is 47.8 Å². The second-order valence-electron chi connectivity index (χ2n) is 12.1. The molecule has 0 fully saturated rings. The average Bonchev–Trinajstić information content (AvgIpc) is 3.04. The highest BCUT2D eigenvalue weighted by Crippen LogP contribution is 2.33. The van der Waals surface area contributed by atoms with Crippen molar-refractivity contribution < 1.29 is 24.2 Å². The fourth-order valence-electron chi connectivity index (χ4n) is 4.97. The number of nitrogens with one attached hydrogen (secondary N) is 1. The summed E-state index contributed by atoms with van der Waals surface area (Å²) in [6, 6.07) is 37.1. The molecule has 7 heteroatoms. The van der Waals surface area contributed by atoms with Crippen LogP contribution < -0.4 is 14.8 Å². The lowest BCUT2D eigenvalue weighted by molar-refractivity contribution is -0.139. The monoisotopic (exact) mass is 677 g/mol. The molecule has 5 aromatic carbocycles. The van der Waals surface area contributed by atoms with Gasteiger partial charge in [0.25, 0.3) is 5.91 Å². The van der Waals surface area contributed by atoms with Crippen molar-refractivity contribution in [1.82, 2.24) is 5.32 Å². The molecule has 5 aromatic rings. The minimum absolute atomic E-state index is 0.0436. The summed E-state index contributed by atoms with van der Waals surface area (Å²) < 4.78 is 12.8. The number of aliphatic carboxylic acids is 1. The van der Waals surface area contributed by atoms with Crippen molar-refractivity contribution in [2.45, 2.75) is 45.3 Å². The molecule has 1 unspecified atom stereocenters. The molecule has 2 N–H and O–H groups in total. The largest absolute Gasteiger partial charge is 0.488 e. The Labute approximate surface area is 278 Å². The Balaban J connectivity index is 1.27. The first-order chi connectivity index (χ1) is 22.1. The lowest BCUT2D eigenvalue weighted by Gasteiger charge is -2.19. The fraction of sp³-hybridized carbons (Fsp3) is 0.179. The topological polar surface area (TPSA) is 84.9 Å². The molecule has 234 valence electrons. The molecule has 0 aromatic heterocycles. The van der Waals surface area contributed by atoms with Gasteiger partial charge in [0.2, 0.25) is 0 Å². The lowest BCUT2D eigenvalue weighted by atomic mass is 9.87. The van der Waals surface area contributed by atoms with Gasteiger partial charge in [0.15, 0.2) is 0 Å². The summed E-state index contributed by atoms with van der Waals surface area (Å²) in [5, 5.41) is 12.7. The molecule has 1 amide bonds. The molecule has 0 bridgehead atoms. The maximum absolute atomic E-state index is 13.4. The molecule has 46 heavy (non-hydrogen) atoms. The molecule has 6 nitrogen and oxygen atoms in total. The van der Waals surface area contributed by atoms with Crippen molar-refractivity contribution in [3.63, 3.8) is 0 Å². The average molecular weight is 679 g/mol. The molecule has 5 rings (SSSR count). The summed E-state index contributed by atoms with van der Waals surface area (Å²) >= 11 is 3.42. The van der Waals surface area contributed by atoms with E-state index in [0.717, 1.165) is 28.0 Å². The molecule has 0 saturated heterocycles. The van der Waals surface area contributed by atoms with Gasteiger partial charge in [-0.1, -0.05) is 122 Å². The van der Waals surface area contributed by atoms with Gasteiger partial charge < -0.3 is 19.9 Å². The maximum Gasteiger partial charge on any atom is 0.326 e. The Kier molecular flexibility index (Phi) is 10.2. The second-order valence-corrected chi connectivity index (χ2v) is 13.0. The van der Waals surface area contributed by atoms with Gasteiger partial charge in [-0.25, -0.2) is 4.79 Å². The minimum Gasteiger partial charge on any atom is -0.488 e. The molecule has 0 aliphatic heterocycles. The van der Waals surface area contributed by atoms with E-state index >= 15 is 0 Å². The van der Waals surface area contributed by atoms with Gasteiger partial charge in [-0.05, 0) is 64.1 Å². The van der Waals surface area contributed by atoms with Crippen LogP contribution in [-0.2, 0) is 23.2 Å². The predicted molar refractivity (Wildman–Crippen MR) is 185 cm³/mol. The summed E-state index contributed by atoms with van der Waals surface area (Å²) in [6.07, 6.45) is 0.105. The van der Waals surface area contributed by atoms with E-state index in [1.165, 1.54) is 5.56 Å². The van der Waals surface area contributed by atoms with Crippen LogP contribution in [0.3, 0.4) is 0 Å². The quantitative estimate of drug-likeness (QED) is 0.146. The zero-order chi connectivity index (χ0) is 32.7. The summed E-state index contributed by atoms with van der Waals surface area (Å²) in [6.45, 7) is 6.75. The van der Waals surface area contributed by atoms with Gasteiger partial charge in [-0.3, -0.25) is 4.79 Å². The number of carboxylic acids is 1. The first-order valence-electron chi connectivity index (χ1n) is 15.0. The highest BCUT2D eigenvalue weighted by Gasteiger charge is 2.24. The molecule has 0 spiro atoms. The number of ether oxygens (including phenoxy) is 2. The van der Waals surface area contributed by atoms with Crippen LogP contribution in [0.15, 0.2) is 126 Å². The highest BCUT2D eigenvalue weighted by atomic mass is 79.9. The standard InChI is InChI=1S/C39H36BrNO5/c1-39(2,3)29-19-15-27(16-20-29)25-45-35-22-21-30(40)24-33(35)37(42)41-34(38(43)44)23-26-13-17-28(18-14-26)32-11-7-8-12-36(32)46-31-9-5-4-6-10-31/h4-22,24,34H,23,25H2,1-3H3,(H,41,42)(H,43,44). The normalized spacial score (nSPS) is 11.8. The summed E-state index contributed by atoms with van der Waals surface area (Å²) in [7, 11) is 0. The van der Waals surface area contributed by atoms with Crippen molar-refractivity contribution in [1.29, 1.82) is 0 Å². The number of halogens is 1. The zero-order valence-electron chi connectivity index (χ0n) is 26.0. The molecule has 0 heterocycles. The van der Waals surface area contributed by atoms with E-state index in [1.54, 1.807) is 18.2 Å². The van der Waals surface area contributed by atoms with Crippen molar-refractivity contribution in [3.05, 3.63) is 148 Å². The number of hydrogen-bond donors (Lipinski definition) is 2. The summed E-state index contributed by atoms with van der Waals surface area (Å²) in [5.41, 5.74) is 5.07. The van der Waals surface area contributed by atoms with Crippen LogP contribution >= 0.6 is 15.9 Å². The van der Waals surface area contributed by atoms with Crippen LogP contribution in [0, 0.1) is 0 Å². The molecular weight excluding hydrogens is 642 g/mol. The first-order valence-corrected chi connectivity index (χ1v) is 15.8. The molecule has 1 atom stereocenters. The molecular formula is C39H36BrNO5. The molecule has 0 saturated carbocycles. The van der Waals surface area contributed by atoms with E-state index in [1.807, 2.05) is 91.0 Å². The number of benzene rings is 5. The third-order valence-electron chi connectivity index (χ3n) is 7.57. The van der Waals surface area contributed by atoms with Gasteiger partial charge in [-0.2, -0.15) is 0 Å². The Morgan fingerprint density at radius 3 is 2.11 bits per heavy atom. The smallest absolute Gasteiger partial charge is 0.326 e. The van der Waals surface area contributed by atoms with Crippen molar-refractivity contribution in [3.8, 4) is 28.4 Å². The van der Waals surface area contributed by atoms with Crippen molar-refractivity contribution in [2.75, 3.05) is 0 Å². The Morgan fingerprint density at radius 2 is 1.43 bits per heavy atom.